The lowest BCUT2D eigenvalue weighted by Gasteiger charge is -2.35. The Morgan fingerprint density at radius 1 is 1.38 bits per heavy atom. The third kappa shape index (κ3) is 3.50. The van der Waals surface area contributed by atoms with Crippen LogP contribution in [0.5, 0.6) is 0 Å². The van der Waals surface area contributed by atoms with Gasteiger partial charge in [-0.15, -0.1) is 0 Å². The summed E-state index contributed by atoms with van der Waals surface area (Å²) in [5, 5.41) is 11.9. The molecule has 2 aliphatic rings. The number of anilines is 2. The normalized spacial score (nSPS) is 22.0. The lowest BCUT2D eigenvalue weighted by Crippen LogP contribution is -2.43. The van der Waals surface area contributed by atoms with Crippen molar-refractivity contribution in [2.24, 2.45) is 0 Å². The molecule has 140 valence electrons. The molecule has 3 rings (SSSR count). The number of nitrogens with one attached hydrogen (secondary N) is 1. The zero-order chi connectivity index (χ0) is 18.8. The van der Waals surface area contributed by atoms with Crippen molar-refractivity contribution >= 4 is 29.3 Å². The van der Waals surface area contributed by atoms with Gasteiger partial charge in [-0.05, 0) is 43.5 Å². The maximum atomic E-state index is 12.2. The van der Waals surface area contributed by atoms with Crippen molar-refractivity contribution < 1.29 is 24.2 Å². The van der Waals surface area contributed by atoms with Crippen LogP contribution in [0.2, 0.25) is 0 Å². The summed E-state index contributed by atoms with van der Waals surface area (Å²) in [6, 6.07) is 5.49. The number of rotatable bonds is 4. The summed E-state index contributed by atoms with van der Waals surface area (Å²) in [5.74, 6) is -0.502. The molecule has 2 atom stereocenters. The smallest absolute Gasteiger partial charge is 0.414 e. The van der Waals surface area contributed by atoms with Gasteiger partial charge in [-0.1, -0.05) is 0 Å². The van der Waals surface area contributed by atoms with Crippen LogP contribution in [0.25, 0.3) is 0 Å². The van der Waals surface area contributed by atoms with E-state index >= 15 is 0 Å². The third-order valence-corrected chi connectivity index (χ3v) is 4.76. The Kier molecular flexibility index (Phi) is 5.13. The quantitative estimate of drug-likeness (QED) is 0.827. The highest BCUT2D eigenvalue weighted by molar-refractivity contribution is 5.97. The Bertz CT molecular complexity index is 736. The van der Waals surface area contributed by atoms with Gasteiger partial charge in [0.05, 0.1) is 13.1 Å². The van der Waals surface area contributed by atoms with E-state index in [1.165, 1.54) is 11.8 Å². The number of fused-ring (bicyclic) bond motifs is 1. The number of ether oxygens (including phenoxy) is 1. The number of aliphatic hydroxyl groups excluding tert-OH is 1. The van der Waals surface area contributed by atoms with E-state index in [0.29, 0.717) is 12.2 Å². The monoisotopic (exact) mass is 361 g/mol. The van der Waals surface area contributed by atoms with E-state index in [9.17, 15) is 19.5 Å². The molecule has 0 spiro atoms. The minimum atomic E-state index is -0.533. The van der Waals surface area contributed by atoms with Gasteiger partial charge < -0.3 is 20.1 Å². The number of amides is 3. The van der Waals surface area contributed by atoms with E-state index in [-0.39, 0.29) is 24.4 Å². The van der Waals surface area contributed by atoms with Crippen LogP contribution in [-0.4, -0.2) is 54.9 Å². The molecule has 0 aliphatic carbocycles. The second kappa shape index (κ2) is 7.33. The summed E-state index contributed by atoms with van der Waals surface area (Å²) in [4.78, 5) is 38.4. The number of cyclic esters (lactones) is 1. The van der Waals surface area contributed by atoms with Gasteiger partial charge in [-0.25, -0.2) is 4.79 Å². The largest absolute Gasteiger partial charge is 0.442 e. The molecule has 1 aromatic carbocycles. The summed E-state index contributed by atoms with van der Waals surface area (Å²) in [6.45, 7) is 3.47. The molecule has 3 amide bonds. The van der Waals surface area contributed by atoms with Gasteiger partial charge in [0, 0.05) is 24.3 Å². The average Bonchev–Trinajstić information content (AvgIpc) is 2.99. The molecular weight excluding hydrogens is 338 g/mol. The van der Waals surface area contributed by atoms with Crippen LogP contribution in [0.1, 0.15) is 25.8 Å². The Hall–Kier alpha value is -2.61. The average molecular weight is 361 g/mol. The molecule has 2 aliphatic heterocycles. The molecule has 1 saturated heterocycles. The van der Waals surface area contributed by atoms with Crippen LogP contribution in [0.15, 0.2) is 18.2 Å². The van der Waals surface area contributed by atoms with Crippen molar-refractivity contribution in [3.8, 4) is 0 Å². The van der Waals surface area contributed by atoms with Gasteiger partial charge in [0.2, 0.25) is 5.91 Å². The van der Waals surface area contributed by atoms with Crippen LogP contribution >= 0.6 is 0 Å². The molecule has 0 saturated carbocycles. The van der Waals surface area contributed by atoms with Crippen LogP contribution < -0.4 is 15.1 Å². The van der Waals surface area contributed by atoms with E-state index < -0.39 is 18.8 Å². The van der Waals surface area contributed by atoms with Crippen LogP contribution in [0.3, 0.4) is 0 Å². The summed E-state index contributed by atoms with van der Waals surface area (Å²) >= 11 is 0. The SMILES string of the molecule is CC(=O)NC[C@H]1CN(c2ccc3c(c2)CC[C@@H](C)N3C(=O)CO)C(=O)O1. The molecule has 1 aromatic rings. The molecule has 0 radical (unpaired) electrons. The fraction of sp³-hybridized carbons (Fsp3) is 0.500. The molecule has 0 unspecified atom stereocenters. The first-order valence-electron chi connectivity index (χ1n) is 8.69. The minimum Gasteiger partial charge on any atom is -0.442 e. The first-order chi connectivity index (χ1) is 12.4. The molecule has 2 heterocycles. The Labute approximate surface area is 151 Å². The number of carbonyl (C=O) groups excluding carboxylic acids is 3. The van der Waals surface area contributed by atoms with Crippen molar-refractivity contribution in [2.75, 3.05) is 29.5 Å². The minimum absolute atomic E-state index is 0.0202. The highest BCUT2D eigenvalue weighted by Crippen LogP contribution is 2.34. The van der Waals surface area contributed by atoms with E-state index in [0.717, 1.165) is 24.1 Å². The standard InChI is InChI=1S/C18H23N3O5/c1-11-3-4-13-7-14(5-6-16(13)21(11)17(24)10-22)20-9-15(26-18(20)25)8-19-12(2)23/h5-7,11,15,22H,3-4,8-10H2,1-2H3,(H,19,23)/t11-,15+/m1/s1. The van der Waals surface area contributed by atoms with Crippen molar-refractivity contribution in [1.29, 1.82) is 0 Å². The topological polar surface area (TPSA) is 99.2 Å². The second-order valence-electron chi connectivity index (χ2n) is 6.68. The van der Waals surface area contributed by atoms with Crippen molar-refractivity contribution in [3.05, 3.63) is 23.8 Å². The van der Waals surface area contributed by atoms with E-state index in [4.69, 9.17) is 4.74 Å². The van der Waals surface area contributed by atoms with Crippen molar-refractivity contribution in [2.45, 2.75) is 38.8 Å². The molecular formula is C18H23N3O5. The maximum Gasteiger partial charge on any atom is 0.414 e. The predicted octanol–water partition coefficient (Wildman–Crippen LogP) is 0.808. The number of aliphatic hydroxyl groups is 1. The highest BCUT2D eigenvalue weighted by Gasteiger charge is 2.34. The predicted molar refractivity (Wildman–Crippen MR) is 95.1 cm³/mol. The van der Waals surface area contributed by atoms with E-state index in [2.05, 4.69) is 5.32 Å². The molecule has 26 heavy (non-hydrogen) atoms. The third-order valence-electron chi connectivity index (χ3n) is 4.76. The first kappa shape index (κ1) is 18.2. The molecule has 8 nitrogen and oxygen atoms in total. The van der Waals surface area contributed by atoms with E-state index in [1.807, 2.05) is 19.1 Å². The Morgan fingerprint density at radius 3 is 2.85 bits per heavy atom. The Morgan fingerprint density at radius 2 is 2.15 bits per heavy atom. The highest BCUT2D eigenvalue weighted by atomic mass is 16.6. The summed E-state index contributed by atoms with van der Waals surface area (Å²) in [6.07, 6.45) is 0.734. The molecule has 8 heteroatoms. The lowest BCUT2D eigenvalue weighted by atomic mass is 9.95. The molecule has 0 bridgehead atoms. The van der Waals surface area contributed by atoms with Crippen LogP contribution in [0.4, 0.5) is 16.2 Å². The number of aryl methyl sites for hydroxylation is 1. The molecule has 2 N–H and O–H groups in total. The van der Waals surface area contributed by atoms with Crippen molar-refractivity contribution in [3.63, 3.8) is 0 Å². The van der Waals surface area contributed by atoms with Gasteiger partial charge in [0.25, 0.3) is 5.91 Å². The number of hydrogen-bond donors (Lipinski definition) is 2. The second-order valence-corrected chi connectivity index (χ2v) is 6.68. The zero-order valence-corrected chi connectivity index (χ0v) is 14.9. The Balaban J connectivity index is 1.80. The van der Waals surface area contributed by atoms with E-state index in [1.54, 1.807) is 11.0 Å². The summed E-state index contributed by atoms with van der Waals surface area (Å²) < 4.78 is 5.29. The van der Waals surface area contributed by atoms with Crippen LogP contribution in [0, 0.1) is 0 Å². The maximum absolute atomic E-state index is 12.2. The lowest BCUT2D eigenvalue weighted by molar-refractivity contribution is -0.122. The fourth-order valence-electron chi connectivity index (χ4n) is 3.46. The van der Waals surface area contributed by atoms with Crippen LogP contribution in [-0.2, 0) is 20.7 Å². The summed E-state index contributed by atoms with van der Waals surface area (Å²) in [5.41, 5.74) is 2.43. The van der Waals surface area contributed by atoms with Gasteiger partial charge >= 0.3 is 6.09 Å². The fourth-order valence-corrected chi connectivity index (χ4v) is 3.46. The number of nitrogens with zero attached hydrogens (tertiary/aromatic N) is 2. The number of carbonyl (C=O) groups is 3. The van der Waals surface area contributed by atoms with Gasteiger partial charge in [-0.3, -0.25) is 14.5 Å². The number of hydrogen-bond acceptors (Lipinski definition) is 5. The summed E-state index contributed by atoms with van der Waals surface area (Å²) in [7, 11) is 0. The zero-order valence-electron chi connectivity index (χ0n) is 14.9. The molecule has 1 fully saturated rings. The first-order valence-corrected chi connectivity index (χ1v) is 8.69. The van der Waals surface area contributed by atoms with Gasteiger partial charge in [0.1, 0.15) is 12.7 Å². The van der Waals surface area contributed by atoms with Crippen molar-refractivity contribution in [1.82, 2.24) is 5.32 Å². The molecule has 0 aromatic heterocycles. The number of benzene rings is 1. The van der Waals surface area contributed by atoms with Gasteiger partial charge in [-0.2, -0.15) is 0 Å². The van der Waals surface area contributed by atoms with Gasteiger partial charge in [0.15, 0.2) is 0 Å².